The van der Waals surface area contributed by atoms with Crippen LogP contribution in [0.5, 0.6) is 0 Å². The Balaban J connectivity index is 1.92. The zero-order valence-electron chi connectivity index (χ0n) is 18.5. The number of anilines is 1. The molecule has 0 spiro atoms. The molecular formula is C23H34F3N3S. The number of alkyl halides is 3. The zero-order chi connectivity index (χ0) is 22.2. The summed E-state index contributed by atoms with van der Waals surface area (Å²) >= 11 is 1.49. The Labute approximate surface area is 182 Å². The van der Waals surface area contributed by atoms with Crippen LogP contribution in [-0.2, 0) is 5.41 Å². The number of halogens is 3. The van der Waals surface area contributed by atoms with E-state index in [9.17, 15) is 13.2 Å². The van der Waals surface area contributed by atoms with Gasteiger partial charge in [-0.25, -0.2) is 4.98 Å². The van der Waals surface area contributed by atoms with E-state index < -0.39 is 11.6 Å². The fourth-order valence-electron chi connectivity index (χ4n) is 3.25. The Morgan fingerprint density at radius 1 is 1.00 bits per heavy atom. The molecule has 2 rings (SSSR count). The number of hydrogen-bond acceptors (Lipinski definition) is 4. The van der Waals surface area contributed by atoms with Crippen molar-refractivity contribution >= 4 is 16.5 Å². The summed E-state index contributed by atoms with van der Waals surface area (Å²) in [6, 6.07) is 3.29. The van der Waals surface area contributed by atoms with Crippen LogP contribution < -0.4 is 5.32 Å². The molecule has 0 radical (unpaired) electrons. The van der Waals surface area contributed by atoms with Gasteiger partial charge < -0.3 is 5.32 Å². The van der Waals surface area contributed by atoms with Crippen molar-refractivity contribution in [2.45, 2.75) is 90.7 Å². The number of nitrogens with one attached hydrogen (secondary N) is 1. The summed E-state index contributed by atoms with van der Waals surface area (Å²) in [5.74, 6) is 0. The van der Waals surface area contributed by atoms with Crippen LogP contribution >= 0.6 is 11.3 Å². The van der Waals surface area contributed by atoms with Crippen molar-refractivity contribution in [3.8, 4) is 10.4 Å². The van der Waals surface area contributed by atoms with Gasteiger partial charge in [0.1, 0.15) is 5.41 Å². The van der Waals surface area contributed by atoms with E-state index >= 15 is 0 Å². The first kappa shape index (κ1) is 24.6. The second kappa shape index (κ2) is 11.1. The van der Waals surface area contributed by atoms with Crippen molar-refractivity contribution in [1.29, 1.82) is 0 Å². The second-order valence-electron chi connectivity index (χ2n) is 8.39. The topological polar surface area (TPSA) is 37.8 Å². The Morgan fingerprint density at radius 3 is 2.27 bits per heavy atom. The van der Waals surface area contributed by atoms with E-state index in [1.54, 1.807) is 6.07 Å². The molecule has 0 bridgehead atoms. The smallest absolute Gasteiger partial charge is 0.361 e. The largest absolute Gasteiger partial charge is 0.399 e. The molecule has 7 heteroatoms. The van der Waals surface area contributed by atoms with Crippen LogP contribution in [0.3, 0.4) is 0 Å². The van der Waals surface area contributed by atoms with Crippen molar-refractivity contribution in [3.63, 3.8) is 0 Å². The lowest BCUT2D eigenvalue weighted by molar-refractivity contribution is -0.181. The first-order valence-corrected chi connectivity index (χ1v) is 11.7. The van der Waals surface area contributed by atoms with Crippen molar-refractivity contribution in [3.05, 3.63) is 29.7 Å². The SMILES string of the molecule is CCCCCCCCCCNc1nc(C)c(-c2ccnc(C(C)(C)C(F)(F)F)c2)s1. The summed E-state index contributed by atoms with van der Waals surface area (Å²) in [7, 11) is 0. The first-order valence-electron chi connectivity index (χ1n) is 10.9. The van der Waals surface area contributed by atoms with E-state index in [2.05, 4.69) is 22.2 Å². The second-order valence-corrected chi connectivity index (χ2v) is 9.39. The summed E-state index contributed by atoms with van der Waals surface area (Å²) in [6.45, 7) is 7.31. The van der Waals surface area contributed by atoms with Gasteiger partial charge in [-0.05, 0) is 44.9 Å². The van der Waals surface area contributed by atoms with Crippen molar-refractivity contribution in [2.24, 2.45) is 0 Å². The minimum absolute atomic E-state index is 0.0220. The van der Waals surface area contributed by atoms with Crippen molar-refractivity contribution in [1.82, 2.24) is 9.97 Å². The van der Waals surface area contributed by atoms with Gasteiger partial charge in [0.15, 0.2) is 5.13 Å². The molecular weight excluding hydrogens is 407 g/mol. The van der Waals surface area contributed by atoms with Gasteiger partial charge in [-0.2, -0.15) is 13.2 Å². The highest BCUT2D eigenvalue weighted by molar-refractivity contribution is 7.19. The quantitative estimate of drug-likeness (QED) is 0.340. The summed E-state index contributed by atoms with van der Waals surface area (Å²) in [5.41, 5.74) is -0.430. The molecule has 0 aliphatic heterocycles. The summed E-state index contributed by atoms with van der Waals surface area (Å²) < 4.78 is 40.1. The number of thiazole rings is 1. The standard InChI is InChI=1S/C23H34F3N3S/c1-5-6-7-8-9-10-11-12-14-28-21-29-17(2)20(30-21)18-13-15-27-19(16-18)22(3,4)23(24,25)26/h13,15-16H,5-12,14H2,1-4H3,(H,28,29). The summed E-state index contributed by atoms with van der Waals surface area (Å²) in [4.78, 5) is 9.43. The fourth-order valence-corrected chi connectivity index (χ4v) is 4.24. The van der Waals surface area contributed by atoms with Crippen molar-refractivity contribution < 1.29 is 13.2 Å². The van der Waals surface area contributed by atoms with Crippen LogP contribution in [0.2, 0.25) is 0 Å². The minimum Gasteiger partial charge on any atom is -0.361 e. The van der Waals surface area contributed by atoms with E-state index in [1.165, 1.54) is 68.5 Å². The lowest BCUT2D eigenvalue weighted by Gasteiger charge is -2.27. The van der Waals surface area contributed by atoms with E-state index in [-0.39, 0.29) is 5.69 Å². The maximum atomic E-state index is 13.4. The van der Waals surface area contributed by atoms with Gasteiger partial charge in [0, 0.05) is 12.7 Å². The first-order chi connectivity index (χ1) is 14.2. The Kier molecular flexibility index (Phi) is 9.13. The summed E-state index contributed by atoms with van der Waals surface area (Å²) in [6.07, 6.45) is 7.25. The lowest BCUT2D eigenvalue weighted by atomic mass is 9.87. The molecule has 1 N–H and O–H groups in total. The molecule has 0 aliphatic rings. The maximum Gasteiger partial charge on any atom is 0.399 e. The van der Waals surface area contributed by atoms with Crippen LogP contribution in [0.15, 0.2) is 18.3 Å². The third kappa shape index (κ3) is 6.69. The fraction of sp³-hybridized carbons (Fsp3) is 0.652. The number of aryl methyl sites for hydroxylation is 1. The Morgan fingerprint density at radius 2 is 1.63 bits per heavy atom. The number of nitrogens with zero attached hydrogens (tertiary/aromatic N) is 2. The highest BCUT2D eigenvalue weighted by Gasteiger charge is 2.49. The molecule has 2 heterocycles. The molecule has 2 aromatic heterocycles. The van der Waals surface area contributed by atoms with Crippen LogP contribution in [0, 0.1) is 6.92 Å². The van der Waals surface area contributed by atoms with Crippen LogP contribution in [-0.4, -0.2) is 22.7 Å². The number of rotatable bonds is 12. The highest BCUT2D eigenvalue weighted by atomic mass is 32.1. The average molecular weight is 442 g/mol. The lowest BCUT2D eigenvalue weighted by Crippen LogP contribution is -2.37. The normalized spacial score (nSPS) is 12.4. The monoisotopic (exact) mass is 441 g/mol. The molecule has 30 heavy (non-hydrogen) atoms. The van der Waals surface area contributed by atoms with Crippen LogP contribution in [0.4, 0.5) is 18.3 Å². The van der Waals surface area contributed by atoms with Crippen LogP contribution in [0.1, 0.15) is 83.5 Å². The molecule has 0 saturated heterocycles. The maximum absolute atomic E-state index is 13.4. The minimum atomic E-state index is -4.36. The van der Waals surface area contributed by atoms with Crippen LogP contribution in [0.25, 0.3) is 10.4 Å². The van der Waals surface area contributed by atoms with Gasteiger partial charge in [0.05, 0.1) is 16.3 Å². The average Bonchev–Trinajstić information content (AvgIpc) is 3.06. The van der Waals surface area contributed by atoms with E-state index in [4.69, 9.17) is 0 Å². The van der Waals surface area contributed by atoms with Gasteiger partial charge in [0.25, 0.3) is 0 Å². The van der Waals surface area contributed by atoms with E-state index in [1.807, 2.05) is 6.92 Å². The number of unbranched alkanes of at least 4 members (excludes halogenated alkanes) is 7. The van der Waals surface area contributed by atoms with Gasteiger partial charge in [0.2, 0.25) is 0 Å². The van der Waals surface area contributed by atoms with Gasteiger partial charge in [-0.15, -0.1) is 0 Å². The van der Waals surface area contributed by atoms with Crippen molar-refractivity contribution in [2.75, 3.05) is 11.9 Å². The van der Waals surface area contributed by atoms with E-state index in [0.29, 0.717) is 0 Å². The van der Waals surface area contributed by atoms with Gasteiger partial charge >= 0.3 is 6.18 Å². The molecule has 0 saturated carbocycles. The van der Waals surface area contributed by atoms with Gasteiger partial charge in [-0.1, -0.05) is 63.2 Å². The Hall–Kier alpha value is -1.63. The predicted molar refractivity (Wildman–Crippen MR) is 120 cm³/mol. The molecule has 168 valence electrons. The Bertz CT molecular complexity index is 784. The number of aromatic nitrogens is 2. The predicted octanol–water partition coefficient (Wildman–Crippen LogP) is 7.91. The molecule has 0 aliphatic carbocycles. The molecule has 0 atom stereocenters. The third-order valence-electron chi connectivity index (χ3n) is 5.47. The molecule has 3 nitrogen and oxygen atoms in total. The van der Waals surface area contributed by atoms with Gasteiger partial charge in [-0.3, -0.25) is 4.98 Å². The molecule has 0 aromatic carbocycles. The highest BCUT2D eigenvalue weighted by Crippen LogP contribution is 2.41. The summed E-state index contributed by atoms with van der Waals surface area (Å²) in [5, 5.41) is 4.19. The molecule has 0 unspecified atom stereocenters. The molecule has 2 aromatic rings. The zero-order valence-corrected chi connectivity index (χ0v) is 19.3. The number of pyridine rings is 1. The molecule has 0 fully saturated rings. The molecule has 0 amide bonds. The number of hydrogen-bond donors (Lipinski definition) is 1. The third-order valence-corrected chi connectivity index (χ3v) is 6.64. The van der Waals surface area contributed by atoms with E-state index in [0.717, 1.165) is 48.1 Å².